The zero-order chi connectivity index (χ0) is 13.3. The van der Waals surface area contributed by atoms with Crippen LogP contribution in [0, 0.1) is 11.3 Å². The molecule has 7 heteroatoms. The standard InChI is InChI=1S/C10H7BrClF3N2/c1-9(5-16,10(13,14)15)17-6-2-3-8(12)7(11)4-6/h2-4,17H,1H3. The predicted molar refractivity (Wildman–Crippen MR) is 62.8 cm³/mol. The largest absolute Gasteiger partial charge is 0.424 e. The summed E-state index contributed by atoms with van der Waals surface area (Å²) in [5.41, 5.74) is -2.48. The Labute approximate surface area is 110 Å². The van der Waals surface area contributed by atoms with E-state index in [0.717, 1.165) is 6.92 Å². The summed E-state index contributed by atoms with van der Waals surface area (Å²) in [7, 11) is 0. The van der Waals surface area contributed by atoms with Gasteiger partial charge in [-0.2, -0.15) is 18.4 Å². The van der Waals surface area contributed by atoms with Gasteiger partial charge in [0, 0.05) is 10.2 Å². The molecule has 92 valence electrons. The van der Waals surface area contributed by atoms with Crippen molar-refractivity contribution in [3.63, 3.8) is 0 Å². The fraction of sp³-hybridized carbons (Fsp3) is 0.300. The molecule has 2 nitrogen and oxygen atoms in total. The van der Waals surface area contributed by atoms with Crippen LogP contribution in [0.4, 0.5) is 18.9 Å². The Morgan fingerprint density at radius 3 is 2.41 bits per heavy atom. The minimum atomic E-state index is -4.67. The number of nitriles is 1. The highest BCUT2D eigenvalue weighted by Crippen LogP contribution is 2.34. The average Bonchev–Trinajstić information content (AvgIpc) is 2.22. The summed E-state index contributed by atoms with van der Waals surface area (Å²) in [5, 5.41) is 11.2. The summed E-state index contributed by atoms with van der Waals surface area (Å²) in [5.74, 6) is 0. The molecule has 0 amide bonds. The van der Waals surface area contributed by atoms with Gasteiger partial charge < -0.3 is 5.32 Å². The predicted octanol–water partition coefficient (Wildman–Crippen LogP) is 4.36. The van der Waals surface area contributed by atoms with Gasteiger partial charge in [0.1, 0.15) is 6.07 Å². The van der Waals surface area contributed by atoms with E-state index in [1.165, 1.54) is 24.3 Å². The minimum absolute atomic E-state index is 0.155. The second-order valence-electron chi connectivity index (χ2n) is 3.49. The Balaban J connectivity index is 3.05. The number of hydrogen-bond donors (Lipinski definition) is 1. The van der Waals surface area contributed by atoms with Gasteiger partial charge in [-0.25, -0.2) is 0 Å². The zero-order valence-electron chi connectivity index (χ0n) is 8.57. The van der Waals surface area contributed by atoms with Crippen molar-refractivity contribution in [1.29, 1.82) is 5.26 Å². The van der Waals surface area contributed by atoms with Gasteiger partial charge in [-0.3, -0.25) is 0 Å². The molecule has 0 aliphatic rings. The molecule has 0 radical (unpaired) electrons. The van der Waals surface area contributed by atoms with Crippen LogP contribution in [0.15, 0.2) is 22.7 Å². The van der Waals surface area contributed by atoms with Gasteiger partial charge in [0.2, 0.25) is 5.54 Å². The lowest BCUT2D eigenvalue weighted by atomic mass is 10.0. The Kier molecular flexibility index (Phi) is 3.95. The molecule has 0 saturated carbocycles. The number of halogens is 5. The van der Waals surface area contributed by atoms with Crippen LogP contribution in [0.25, 0.3) is 0 Å². The van der Waals surface area contributed by atoms with Crippen LogP contribution in [-0.2, 0) is 0 Å². The van der Waals surface area contributed by atoms with Crippen molar-refractivity contribution < 1.29 is 13.2 Å². The molecule has 1 unspecified atom stereocenters. The number of nitrogens with zero attached hydrogens (tertiary/aromatic N) is 1. The zero-order valence-corrected chi connectivity index (χ0v) is 10.9. The second-order valence-corrected chi connectivity index (χ2v) is 4.75. The van der Waals surface area contributed by atoms with Gasteiger partial charge in [-0.15, -0.1) is 0 Å². The number of benzene rings is 1. The lowest BCUT2D eigenvalue weighted by Gasteiger charge is -2.27. The first-order valence-corrected chi connectivity index (χ1v) is 5.58. The Hall–Kier alpha value is -0.930. The first-order chi connectivity index (χ1) is 7.69. The van der Waals surface area contributed by atoms with Crippen molar-refractivity contribution in [3.05, 3.63) is 27.7 Å². The molecule has 0 aromatic heterocycles. The Bertz CT molecular complexity index is 470. The van der Waals surface area contributed by atoms with Crippen molar-refractivity contribution in [3.8, 4) is 6.07 Å². The van der Waals surface area contributed by atoms with Crippen LogP contribution in [-0.4, -0.2) is 11.7 Å². The van der Waals surface area contributed by atoms with E-state index in [1.807, 2.05) is 0 Å². The molecule has 0 aliphatic heterocycles. The fourth-order valence-corrected chi connectivity index (χ4v) is 1.52. The third kappa shape index (κ3) is 3.05. The highest BCUT2D eigenvalue weighted by atomic mass is 79.9. The molecule has 1 aromatic rings. The van der Waals surface area contributed by atoms with Crippen LogP contribution >= 0.6 is 27.5 Å². The summed E-state index contributed by atoms with van der Waals surface area (Å²) < 4.78 is 38.4. The maximum Gasteiger partial charge on any atom is 0.424 e. The first-order valence-electron chi connectivity index (χ1n) is 4.41. The van der Waals surface area contributed by atoms with E-state index in [4.69, 9.17) is 16.9 Å². The van der Waals surface area contributed by atoms with Crippen molar-refractivity contribution >= 4 is 33.2 Å². The molecule has 1 aromatic carbocycles. The van der Waals surface area contributed by atoms with E-state index in [0.29, 0.717) is 9.50 Å². The van der Waals surface area contributed by atoms with E-state index in [2.05, 4.69) is 21.2 Å². The average molecular weight is 328 g/mol. The van der Waals surface area contributed by atoms with Crippen molar-refractivity contribution in [2.75, 3.05) is 5.32 Å². The van der Waals surface area contributed by atoms with Gasteiger partial charge in [0.05, 0.1) is 5.02 Å². The molecule has 1 rings (SSSR count). The molecule has 0 bridgehead atoms. The van der Waals surface area contributed by atoms with E-state index in [-0.39, 0.29) is 5.69 Å². The topological polar surface area (TPSA) is 35.8 Å². The summed E-state index contributed by atoms with van der Waals surface area (Å²) in [6.07, 6.45) is -4.67. The summed E-state index contributed by atoms with van der Waals surface area (Å²) in [6.45, 7) is 0.773. The second kappa shape index (κ2) is 4.75. The van der Waals surface area contributed by atoms with E-state index in [1.54, 1.807) is 0 Å². The number of rotatable bonds is 2. The monoisotopic (exact) mass is 326 g/mol. The number of nitrogens with one attached hydrogen (secondary N) is 1. The number of hydrogen-bond acceptors (Lipinski definition) is 2. The minimum Gasteiger partial charge on any atom is -0.360 e. The summed E-state index contributed by atoms with van der Waals surface area (Å²) >= 11 is 8.80. The maximum absolute atomic E-state index is 12.6. The quantitative estimate of drug-likeness (QED) is 0.876. The molecule has 0 aliphatic carbocycles. The lowest BCUT2D eigenvalue weighted by Crippen LogP contribution is -2.47. The molecule has 0 saturated heterocycles. The van der Waals surface area contributed by atoms with Crippen LogP contribution in [0.2, 0.25) is 5.02 Å². The van der Waals surface area contributed by atoms with Gasteiger partial charge >= 0.3 is 6.18 Å². The van der Waals surface area contributed by atoms with Crippen LogP contribution < -0.4 is 5.32 Å². The van der Waals surface area contributed by atoms with E-state index < -0.39 is 11.7 Å². The molecule has 17 heavy (non-hydrogen) atoms. The van der Waals surface area contributed by atoms with E-state index >= 15 is 0 Å². The van der Waals surface area contributed by atoms with E-state index in [9.17, 15) is 13.2 Å². The molecule has 0 heterocycles. The van der Waals surface area contributed by atoms with Gasteiger partial charge in [-0.1, -0.05) is 11.6 Å². The molecule has 0 fully saturated rings. The summed E-state index contributed by atoms with van der Waals surface area (Å²) in [6, 6.07) is 5.40. The number of anilines is 1. The molecule has 0 spiro atoms. The SMILES string of the molecule is CC(C#N)(Nc1ccc(Cl)c(Br)c1)C(F)(F)F. The lowest BCUT2D eigenvalue weighted by molar-refractivity contribution is -0.158. The van der Waals surface area contributed by atoms with Gasteiger partial charge in [0.25, 0.3) is 0 Å². The fourth-order valence-electron chi connectivity index (χ4n) is 1.02. The van der Waals surface area contributed by atoms with Crippen molar-refractivity contribution in [2.24, 2.45) is 0 Å². The molecule has 1 atom stereocenters. The summed E-state index contributed by atoms with van der Waals surface area (Å²) in [4.78, 5) is 0. The smallest absolute Gasteiger partial charge is 0.360 e. The molecular formula is C10H7BrClF3N2. The van der Waals surface area contributed by atoms with Crippen LogP contribution in [0.1, 0.15) is 6.92 Å². The van der Waals surface area contributed by atoms with Crippen molar-refractivity contribution in [1.82, 2.24) is 0 Å². The Morgan fingerprint density at radius 1 is 1.41 bits per heavy atom. The van der Waals surface area contributed by atoms with Crippen LogP contribution in [0.5, 0.6) is 0 Å². The third-order valence-corrected chi connectivity index (χ3v) is 3.32. The molecule has 1 N–H and O–H groups in total. The maximum atomic E-state index is 12.6. The highest BCUT2D eigenvalue weighted by molar-refractivity contribution is 9.10. The third-order valence-electron chi connectivity index (χ3n) is 2.10. The van der Waals surface area contributed by atoms with Gasteiger partial charge in [-0.05, 0) is 41.1 Å². The number of alkyl halides is 3. The highest BCUT2D eigenvalue weighted by Gasteiger charge is 2.52. The van der Waals surface area contributed by atoms with Crippen molar-refractivity contribution in [2.45, 2.75) is 18.6 Å². The van der Waals surface area contributed by atoms with Crippen LogP contribution in [0.3, 0.4) is 0 Å². The Morgan fingerprint density at radius 2 is 2.00 bits per heavy atom. The van der Waals surface area contributed by atoms with Gasteiger partial charge in [0.15, 0.2) is 0 Å². The molecular weight excluding hydrogens is 320 g/mol. The normalized spacial score (nSPS) is 14.9. The first kappa shape index (κ1) is 14.1.